The highest BCUT2D eigenvalue weighted by Crippen LogP contribution is 2.54. The Labute approximate surface area is 276 Å². The van der Waals surface area contributed by atoms with Crippen LogP contribution in [0.4, 0.5) is 0 Å². The topological polar surface area (TPSA) is 20.2 Å². The second-order valence-corrected chi connectivity index (χ2v) is 13.8. The molecule has 0 saturated carbocycles. The molecule has 0 spiro atoms. The third-order valence-corrected chi connectivity index (χ3v) is 10.1. The van der Waals surface area contributed by atoms with Crippen LogP contribution in [-0.2, 0) is 11.0 Å². The van der Waals surface area contributed by atoms with Gasteiger partial charge < -0.3 is 5.11 Å². The molecule has 0 amide bonds. The SMILES string of the molecule is CC(C)(O)c1ccccc1-c1cc2ccccc2c2ccccc12.CC1(C)c2ccccc2-c2c1c1ccccc1c1ccccc21. The molecule has 0 aromatic heterocycles. The van der Waals surface area contributed by atoms with Gasteiger partial charge in [0, 0.05) is 5.41 Å². The predicted octanol–water partition coefficient (Wildman–Crippen LogP) is 12.2. The molecule has 0 bridgehead atoms. The minimum atomic E-state index is -0.886. The van der Waals surface area contributed by atoms with E-state index in [-0.39, 0.29) is 5.41 Å². The van der Waals surface area contributed by atoms with E-state index in [2.05, 4.69) is 147 Å². The molecule has 1 nitrogen and oxygen atoms in total. The normalized spacial score (nSPS) is 13.4. The van der Waals surface area contributed by atoms with Crippen molar-refractivity contribution in [3.63, 3.8) is 0 Å². The van der Waals surface area contributed by atoms with E-state index in [1.807, 2.05) is 32.0 Å². The number of hydrogen-bond acceptors (Lipinski definition) is 1. The van der Waals surface area contributed by atoms with Crippen LogP contribution in [0.15, 0.2) is 152 Å². The Bertz CT molecular complexity index is 2470. The fourth-order valence-corrected chi connectivity index (χ4v) is 7.98. The lowest BCUT2D eigenvalue weighted by Crippen LogP contribution is -2.16. The summed E-state index contributed by atoms with van der Waals surface area (Å²) in [6, 6.07) is 53.9. The number of aliphatic hydroxyl groups is 1. The molecule has 0 saturated heterocycles. The van der Waals surface area contributed by atoms with Crippen molar-refractivity contribution in [2.45, 2.75) is 38.7 Å². The largest absolute Gasteiger partial charge is 0.386 e. The highest BCUT2D eigenvalue weighted by Gasteiger charge is 2.37. The van der Waals surface area contributed by atoms with E-state index in [0.29, 0.717) is 0 Å². The summed E-state index contributed by atoms with van der Waals surface area (Å²) in [6.45, 7) is 8.40. The van der Waals surface area contributed by atoms with Crippen LogP contribution in [0.5, 0.6) is 0 Å². The van der Waals surface area contributed by atoms with E-state index in [9.17, 15) is 5.11 Å². The molecule has 228 valence electrons. The molecule has 1 heteroatoms. The van der Waals surface area contributed by atoms with Gasteiger partial charge >= 0.3 is 0 Å². The number of hydrogen-bond donors (Lipinski definition) is 1. The van der Waals surface area contributed by atoms with E-state index in [1.165, 1.54) is 70.9 Å². The maximum absolute atomic E-state index is 10.6. The summed E-state index contributed by atoms with van der Waals surface area (Å²) in [5.41, 5.74) is 8.11. The molecule has 9 rings (SSSR count). The van der Waals surface area contributed by atoms with Crippen molar-refractivity contribution in [2.24, 2.45) is 0 Å². The molecule has 47 heavy (non-hydrogen) atoms. The molecule has 0 atom stereocenters. The predicted molar refractivity (Wildman–Crippen MR) is 201 cm³/mol. The average Bonchev–Trinajstić information content (AvgIpc) is 3.35. The molecule has 0 radical (unpaired) electrons. The molecule has 0 unspecified atom stereocenters. The fraction of sp³-hybridized carbons (Fsp3) is 0.130. The van der Waals surface area contributed by atoms with Gasteiger partial charge in [0.25, 0.3) is 0 Å². The lowest BCUT2D eigenvalue weighted by molar-refractivity contribution is 0.0792. The lowest BCUT2D eigenvalue weighted by Gasteiger charge is -2.24. The molecule has 8 aromatic rings. The Kier molecular flexibility index (Phi) is 6.79. The standard InChI is InChI=1S/C23H20O.C23H18/c1-23(2,24)22-14-8-7-13-20(22)21-15-16-9-3-4-10-17(16)18-11-5-6-12-19(18)21;1-23(2)20-14-8-7-13-19(20)21-17-11-5-3-9-15(17)16-10-4-6-12-18(16)22(21)23/h3-15,24H,1-2H3;3-14H,1-2H3. The molecular weight excluding hydrogens is 569 g/mol. The van der Waals surface area contributed by atoms with Gasteiger partial charge in [0.1, 0.15) is 0 Å². The van der Waals surface area contributed by atoms with Crippen molar-refractivity contribution >= 4 is 43.1 Å². The molecule has 0 heterocycles. The van der Waals surface area contributed by atoms with Gasteiger partial charge in [0.2, 0.25) is 0 Å². The molecule has 1 N–H and O–H groups in total. The Morgan fingerprint density at radius 1 is 0.447 bits per heavy atom. The molecule has 1 aliphatic rings. The number of fused-ring (bicyclic) bond motifs is 11. The van der Waals surface area contributed by atoms with Gasteiger partial charge in [0.15, 0.2) is 0 Å². The number of benzene rings is 8. The van der Waals surface area contributed by atoms with Crippen LogP contribution >= 0.6 is 0 Å². The van der Waals surface area contributed by atoms with Gasteiger partial charge in [-0.25, -0.2) is 0 Å². The quantitative estimate of drug-likeness (QED) is 0.194. The van der Waals surface area contributed by atoms with Gasteiger partial charge in [-0.05, 0) is 102 Å². The Morgan fingerprint density at radius 3 is 1.60 bits per heavy atom. The zero-order valence-electron chi connectivity index (χ0n) is 27.4. The summed E-state index contributed by atoms with van der Waals surface area (Å²) in [4.78, 5) is 0. The Hall–Kier alpha value is -5.24. The zero-order valence-corrected chi connectivity index (χ0v) is 27.4. The van der Waals surface area contributed by atoms with Crippen molar-refractivity contribution in [3.8, 4) is 22.3 Å². The molecule has 0 fully saturated rings. The third-order valence-electron chi connectivity index (χ3n) is 10.1. The lowest BCUT2D eigenvalue weighted by atomic mass is 9.79. The summed E-state index contributed by atoms with van der Waals surface area (Å²) < 4.78 is 0. The molecule has 1 aliphatic carbocycles. The first-order valence-corrected chi connectivity index (χ1v) is 16.5. The summed E-state index contributed by atoms with van der Waals surface area (Å²) in [7, 11) is 0. The third kappa shape index (κ3) is 4.65. The zero-order chi connectivity index (χ0) is 32.3. The van der Waals surface area contributed by atoms with Crippen LogP contribution in [0.25, 0.3) is 65.3 Å². The maximum Gasteiger partial charge on any atom is 0.0846 e. The molecule has 8 aromatic carbocycles. The first kappa shape index (κ1) is 29.2. The van der Waals surface area contributed by atoms with Gasteiger partial charge in [-0.3, -0.25) is 0 Å². The highest BCUT2D eigenvalue weighted by molar-refractivity contribution is 6.18. The van der Waals surface area contributed by atoms with Crippen LogP contribution < -0.4 is 0 Å². The maximum atomic E-state index is 10.6. The minimum absolute atomic E-state index is 0.0373. The van der Waals surface area contributed by atoms with Gasteiger partial charge in [-0.2, -0.15) is 0 Å². The smallest absolute Gasteiger partial charge is 0.0846 e. The van der Waals surface area contributed by atoms with Crippen LogP contribution in [0, 0.1) is 0 Å². The van der Waals surface area contributed by atoms with Crippen molar-refractivity contribution in [2.75, 3.05) is 0 Å². The summed E-state index contributed by atoms with van der Waals surface area (Å²) in [5.74, 6) is 0. The molecular formula is C46H38O. The van der Waals surface area contributed by atoms with Crippen LogP contribution in [0.1, 0.15) is 44.4 Å². The highest BCUT2D eigenvalue weighted by atomic mass is 16.3. The summed E-state index contributed by atoms with van der Waals surface area (Å²) >= 11 is 0. The van der Waals surface area contributed by atoms with E-state index in [1.54, 1.807) is 0 Å². The first-order valence-electron chi connectivity index (χ1n) is 16.5. The summed E-state index contributed by atoms with van der Waals surface area (Å²) in [5, 5.41) is 21.0. The van der Waals surface area contributed by atoms with E-state index in [0.717, 1.165) is 11.1 Å². The Balaban J connectivity index is 0.000000138. The van der Waals surface area contributed by atoms with Crippen molar-refractivity contribution in [1.82, 2.24) is 0 Å². The van der Waals surface area contributed by atoms with E-state index >= 15 is 0 Å². The second kappa shape index (κ2) is 10.9. The average molecular weight is 607 g/mol. The Morgan fingerprint density at radius 2 is 0.915 bits per heavy atom. The van der Waals surface area contributed by atoms with Gasteiger partial charge in [0.05, 0.1) is 5.60 Å². The van der Waals surface area contributed by atoms with E-state index in [4.69, 9.17) is 0 Å². The van der Waals surface area contributed by atoms with Crippen LogP contribution in [-0.4, -0.2) is 5.11 Å². The van der Waals surface area contributed by atoms with Crippen molar-refractivity contribution in [1.29, 1.82) is 0 Å². The number of rotatable bonds is 2. The van der Waals surface area contributed by atoms with Gasteiger partial charge in [-0.1, -0.05) is 159 Å². The monoisotopic (exact) mass is 606 g/mol. The minimum Gasteiger partial charge on any atom is -0.386 e. The first-order chi connectivity index (χ1) is 22.7. The van der Waals surface area contributed by atoms with Crippen LogP contribution in [0.3, 0.4) is 0 Å². The van der Waals surface area contributed by atoms with Crippen molar-refractivity contribution < 1.29 is 5.11 Å². The van der Waals surface area contributed by atoms with Crippen LogP contribution in [0.2, 0.25) is 0 Å². The summed E-state index contributed by atoms with van der Waals surface area (Å²) in [6.07, 6.45) is 0. The fourth-order valence-electron chi connectivity index (χ4n) is 7.98. The second-order valence-electron chi connectivity index (χ2n) is 13.8. The molecule has 0 aliphatic heterocycles. The van der Waals surface area contributed by atoms with E-state index < -0.39 is 5.60 Å². The van der Waals surface area contributed by atoms with Crippen molar-refractivity contribution in [3.05, 3.63) is 168 Å². The van der Waals surface area contributed by atoms with Gasteiger partial charge in [-0.15, -0.1) is 0 Å².